The van der Waals surface area contributed by atoms with E-state index in [4.69, 9.17) is 41.3 Å². The minimum Gasteiger partial charge on any atom is -0.457 e. The van der Waals surface area contributed by atoms with Crippen LogP contribution >= 0.6 is 19.4 Å². The van der Waals surface area contributed by atoms with Gasteiger partial charge in [-0.05, 0) is 36.4 Å². The van der Waals surface area contributed by atoms with Crippen LogP contribution in [0.2, 0.25) is 5.02 Å². The quantitative estimate of drug-likeness (QED) is 0.192. The number of aromatic nitrogens is 1. The zero-order chi connectivity index (χ0) is 28.0. The molecule has 37 heavy (non-hydrogen) atoms. The Kier molecular flexibility index (Phi) is 9.55. The smallest absolute Gasteiger partial charge is 0.457 e. The largest absolute Gasteiger partial charge is 0.466 e. The Morgan fingerprint density at radius 2 is 1.62 bits per heavy atom. The fraction of sp³-hybridized carbons (Fsp3) is 0.0500. The Bertz CT molecular complexity index is 1350. The Labute approximate surface area is 210 Å². The van der Waals surface area contributed by atoms with E-state index < -0.39 is 42.3 Å². The summed E-state index contributed by atoms with van der Waals surface area (Å²) in [5.74, 6) is -1.43. The molecule has 198 valence electrons. The number of urea groups is 1. The van der Waals surface area contributed by atoms with Gasteiger partial charge in [0.15, 0.2) is 0 Å². The summed E-state index contributed by atoms with van der Waals surface area (Å²) in [6.45, 7) is 0. The van der Waals surface area contributed by atoms with E-state index in [1.165, 1.54) is 36.5 Å². The van der Waals surface area contributed by atoms with Crippen molar-refractivity contribution < 1.29 is 51.1 Å². The number of benzene rings is 2. The molecule has 17 heteroatoms. The number of nitrogens with two attached hydrogens (primary N) is 1. The summed E-state index contributed by atoms with van der Waals surface area (Å²) in [6, 6.07) is 7.99. The standard InChI is InChI=1S/C20H13ClF4N4O3.H3O4P/c21-14-3-1-10(7-13(14)20(23,24)25)28-19(31)29-16-4-2-11(8-15(16)22)32-12-5-6-27-17(9-12)18(26)30;1-5(2,3)4/h1-9H,(H2,26,30)(H2,28,29,31);(H3,1,2,3,4). The molecule has 3 rings (SSSR count). The van der Waals surface area contributed by atoms with Gasteiger partial charge in [-0.2, -0.15) is 13.2 Å². The van der Waals surface area contributed by atoms with Gasteiger partial charge in [-0.1, -0.05) is 11.6 Å². The fourth-order valence-electron chi connectivity index (χ4n) is 2.51. The Balaban J connectivity index is 0.000000877. The molecule has 2 aromatic carbocycles. The van der Waals surface area contributed by atoms with E-state index in [0.717, 1.165) is 12.1 Å². The lowest BCUT2D eigenvalue weighted by Crippen LogP contribution is -2.20. The van der Waals surface area contributed by atoms with E-state index in [2.05, 4.69) is 15.6 Å². The Hall–Kier alpha value is -3.75. The van der Waals surface area contributed by atoms with Crippen molar-refractivity contribution in [1.82, 2.24) is 4.98 Å². The van der Waals surface area contributed by atoms with Crippen LogP contribution < -0.4 is 21.1 Å². The van der Waals surface area contributed by atoms with Gasteiger partial charge in [-0.3, -0.25) is 9.78 Å². The monoisotopic (exact) mass is 566 g/mol. The van der Waals surface area contributed by atoms with Gasteiger partial charge in [0.05, 0.1) is 16.3 Å². The normalized spacial score (nSPS) is 11.1. The van der Waals surface area contributed by atoms with Gasteiger partial charge >= 0.3 is 20.0 Å². The summed E-state index contributed by atoms with van der Waals surface area (Å²) in [5.41, 5.74) is 3.51. The average molecular weight is 567 g/mol. The van der Waals surface area contributed by atoms with Crippen LogP contribution in [-0.4, -0.2) is 31.6 Å². The first-order chi connectivity index (χ1) is 17.0. The molecule has 3 aromatic rings. The summed E-state index contributed by atoms with van der Waals surface area (Å²) in [4.78, 5) is 48.5. The summed E-state index contributed by atoms with van der Waals surface area (Å²) in [7, 11) is -4.64. The summed E-state index contributed by atoms with van der Waals surface area (Å²) < 4.78 is 67.4. The van der Waals surface area contributed by atoms with Crippen LogP contribution in [0.1, 0.15) is 16.1 Å². The number of primary amides is 1. The van der Waals surface area contributed by atoms with Crippen molar-refractivity contribution in [1.29, 1.82) is 0 Å². The zero-order valence-electron chi connectivity index (χ0n) is 18.0. The molecule has 0 saturated heterocycles. The van der Waals surface area contributed by atoms with Gasteiger partial charge in [0, 0.05) is 24.0 Å². The number of carbonyl (C=O) groups excluding carboxylic acids is 2. The number of alkyl halides is 3. The van der Waals surface area contributed by atoms with Crippen LogP contribution in [0.4, 0.5) is 33.7 Å². The fourth-order valence-corrected chi connectivity index (χ4v) is 2.74. The SMILES string of the molecule is NC(=O)c1cc(Oc2ccc(NC(=O)Nc3ccc(Cl)c(C(F)(F)F)c3)c(F)c2)ccn1.O=P(O)(O)O. The number of nitrogens with one attached hydrogen (secondary N) is 2. The van der Waals surface area contributed by atoms with Crippen molar-refractivity contribution >= 4 is 42.7 Å². The van der Waals surface area contributed by atoms with Crippen molar-refractivity contribution in [2.45, 2.75) is 6.18 Å². The number of nitrogens with zero attached hydrogens (tertiary/aromatic N) is 1. The molecule has 11 nitrogen and oxygen atoms in total. The van der Waals surface area contributed by atoms with E-state index in [1.807, 2.05) is 0 Å². The minimum absolute atomic E-state index is 0.0441. The lowest BCUT2D eigenvalue weighted by molar-refractivity contribution is -0.137. The number of phosphoric acid groups is 1. The third-order valence-electron chi connectivity index (χ3n) is 3.94. The number of ether oxygens (including phenoxy) is 1. The number of amides is 3. The van der Waals surface area contributed by atoms with Gasteiger partial charge in [0.25, 0.3) is 5.91 Å². The van der Waals surface area contributed by atoms with Crippen LogP contribution in [0.3, 0.4) is 0 Å². The second kappa shape index (κ2) is 12.0. The lowest BCUT2D eigenvalue weighted by Gasteiger charge is -2.13. The molecule has 0 aliphatic carbocycles. The van der Waals surface area contributed by atoms with E-state index >= 15 is 0 Å². The van der Waals surface area contributed by atoms with Crippen molar-refractivity contribution in [2.75, 3.05) is 10.6 Å². The Morgan fingerprint density at radius 3 is 2.19 bits per heavy atom. The molecule has 0 aliphatic rings. The first-order valence-electron chi connectivity index (χ1n) is 9.49. The van der Waals surface area contributed by atoms with Gasteiger partial charge in [0.1, 0.15) is 23.0 Å². The number of carbonyl (C=O) groups is 2. The summed E-state index contributed by atoms with van der Waals surface area (Å²) in [5, 5.41) is 3.83. The molecule has 1 aromatic heterocycles. The van der Waals surface area contributed by atoms with Crippen molar-refractivity contribution in [3.63, 3.8) is 0 Å². The van der Waals surface area contributed by atoms with Gasteiger partial charge in [0.2, 0.25) is 0 Å². The zero-order valence-corrected chi connectivity index (χ0v) is 19.7. The second-order valence-corrected chi connectivity index (χ2v) is 8.20. The third-order valence-corrected chi connectivity index (χ3v) is 4.27. The minimum atomic E-state index is -4.71. The molecule has 0 fully saturated rings. The summed E-state index contributed by atoms with van der Waals surface area (Å²) >= 11 is 5.53. The first-order valence-corrected chi connectivity index (χ1v) is 11.4. The predicted molar refractivity (Wildman–Crippen MR) is 123 cm³/mol. The molecule has 0 atom stereocenters. The molecule has 0 spiro atoms. The van der Waals surface area contributed by atoms with Crippen molar-refractivity contribution in [2.24, 2.45) is 5.73 Å². The number of hydrogen-bond acceptors (Lipinski definition) is 5. The molecule has 0 bridgehead atoms. The number of anilines is 2. The molecule has 1 heterocycles. The van der Waals surface area contributed by atoms with Crippen LogP contribution in [0.25, 0.3) is 0 Å². The van der Waals surface area contributed by atoms with Crippen LogP contribution in [-0.2, 0) is 10.7 Å². The maximum atomic E-state index is 14.4. The Morgan fingerprint density at radius 1 is 1.00 bits per heavy atom. The number of pyridine rings is 1. The van der Waals surface area contributed by atoms with E-state index in [0.29, 0.717) is 6.07 Å². The highest BCUT2D eigenvalue weighted by molar-refractivity contribution is 7.45. The maximum Gasteiger partial charge on any atom is 0.466 e. The molecule has 0 aliphatic heterocycles. The van der Waals surface area contributed by atoms with E-state index in [-0.39, 0.29) is 28.6 Å². The predicted octanol–water partition coefficient (Wildman–Crippen LogP) is 4.50. The number of halogens is 5. The van der Waals surface area contributed by atoms with E-state index in [1.54, 1.807) is 0 Å². The molecule has 0 saturated carbocycles. The van der Waals surface area contributed by atoms with Gasteiger partial charge < -0.3 is 35.8 Å². The van der Waals surface area contributed by atoms with Gasteiger partial charge in [-0.15, -0.1) is 0 Å². The van der Waals surface area contributed by atoms with Crippen molar-refractivity contribution in [3.8, 4) is 11.5 Å². The van der Waals surface area contributed by atoms with Crippen molar-refractivity contribution in [3.05, 3.63) is 76.8 Å². The number of hydrogen-bond donors (Lipinski definition) is 6. The number of rotatable bonds is 5. The molecule has 0 unspecified atom stereocenters. The van der Waals surface area contributed by atoms with Crippen LogP contribution in [0.5, 0.6) is 11.5 Å². The third kappa shape index (κ3) is 10.0. The van der Waals surface area contributed by atoms with E-state index in [9.17, 15) is 27.2 Å². The molecule has 0 radical (unpaired) electrons. The molecular weight excluding hydrogens is 551 g/mol. The maximum absolute atomic E-state index is 14.4. The second-order valence-electron chi connectivity index (χ2n) is 6.77. The highest BCUT2D eigenvalue weighted by Gasteiger charge is 2.33. The molecular formula is C20H16ClF4N4O7P. The lowest BCUT2D eigenvalue weighted by atomic mass is 10.2. The molecule has 7 N–H and O–H groups in total. The average Bonchev–Trinajstić information content (AvgIpc) is 2.75. The highest BCUT2D eigenvalue weighted by atomic mass is 35.5. The molecule has 3 amide bonds. The van der Waals surface area contributed by atoms with Crippen LogP contribution in [0, 0.1) is 5.82 Å². The topological polar surface area (TPSA) is 184 Å². The van der Waals surface area contributed by atoms with Crippen LogP contribution in [0.15, 0.2) is 54.7 Å². The first kappa shape index (κ1) is 29.5. The summed E-state index contributed by atoms with van der Waals surface area (Å²) in [6.07, 6.45) is -3.42. The van der Waals surface area contributed by atoms with Gasteiger partial charge in [-0.25, -0.2) is 13.8 Å². The highest BCUT2D eigenvalue weighted by Crippen LogP contribution is 2.36.